The first-order valence-electron chi connectivity index (χ1n) is 12.1. The maximum absolute atomic E-state index is 4.36. The van der Waals surface area contributed by atoms with Gasteiger partial charge in [0.05, 0.1) is 0 Å². The quantitative estimate of drug-likeness (QED) is 0.359. The Morgan fingerprint density at radius 1 is 0.714 bits per heavy atom. The largest absolute Gasteiger partial charge is 1.00 e. The van der Waals surface area contributed by atoms with Crippen molar-refractivity contribution in [1.82, 2.24) is 0 Å². The molecular weight excluding hydrogens is 652 g/mol. The molecule has 0 bridgehead atoms. The predicted octanol–water partition coefficient (Wildman–Crippen LogP) is 0.561. The molecule has 1 unspecified atom stereocenters. The van der Waals surface area contributed by atoms with Crippen LogP contribution in [0.5, 0.6) is 0 Å². The summed E-state index contributed by atoms with van der Waals surface area (Å²) in [6.07, 6.45) is 0. The van der Waals surface area contributed by atoms with E-state index in [9.17, 15) is 0 Å². The third-order valence-electron chi connectivity index (χ3n) is 7.34. The second kappa shape index (κ2) is 13.2. The van der Waals surface area contributed by atoms with Crippen molar-refractivity contribution >= 4 is 22.0 Å². The second-order valence-corrected chi connectivity index (χ2v) is 28.6. The molecule has 1 nitrogen and oxygen atoms in total. The minimum absolute atomic E-state index is 0. The Bertz CT molecular complexity index is 1140. The van der Waals surface area contributed by atoms with Gasteiger partial charge in [0.15, 0.2) is 0 Å². The molecule has 0 radical (unpaired) electrons. The molecule has 0 amide bonds. The van der Waals surface area contributed by atoms with Gasteiger partial charge < -0.3 is 24.8 Å². The van der Waals surface area contributed by atoms with Crippen LogP contribution in [0.15, 0.2) is 105 Å². The summed E-state index contributed by atoms with van der Waals surface area (Å²) >= 11 is -2.63. The van der Waals surface area contributed by atoms with Gasteiger partial charge in [-0.1, -0.05) is 0 Å². The molecule has 0 heterocycles. The van der Waals surface area contributed by atoms with Gasteiger partial charge in [-0.3, -0.25) is 0 Å². The number of benzene rings is 3. The fraction of sp³-hybridized carbons (Fsp3) is 0.267. The summed E-state index contributed by atoms with van der Waals surface area (Å²) in [7, 11) is 0. The van der Waals surface area contributed by atoms with E-state index in [0.29, 0.717) is 11.8 Å². The molecule has 0 fully saturated rings. The molecule has 5 heteroatoms. The van der Waals surface area contributed by atoms with Gasteiger partial charge in [-0.15, -0.1) is 0 Å². The molecule has 0 saturated carbocycles. The van der Waals surface area contributed by atoms with Crippen LogP contribution in [0, 0.1) is 5.92 Å². The number of hydrogen-bond donors (Lipinski definition) is 1. The molecule has 3 aromatic carbocycles. The minimum Gasteiger partial charge on any atom is -1.00 e. The molecule has 0 spiro atoms. The van der Waals surface area contributed by atoms with Gasteiger partial charge in [0, 0.05) is 0 Å². The fourth-order valence-corrected chi connectivity index (χ4v) is 36.1. The number of para-hydroxylation sites is 1. The van der Waals surface area contributed by atoms with Gasteiger partial charge in [-0.2, -0.15) is 0 Å². The molecule has 4 rings (SSSR count). The normalized spacial score (nSPS) is 15.3. The maximum Gasteiger partial charge on any atom is -1.00 e. The van der Waals surface area contributed by atoms with Gasteiger partial charge in [0.1, 0.15) is 0 Å². The minimum atomic E-state index is -2.63. The molecule has 1 aliphatic carbocycles. The zero-order chi connectivity index (χ0) is 23.5. The number of nitrogens with one attached hydrogen (secondary N) is 1. The van der Waals surface area contributed by atoms with Crippen LogP contribution in [0.1, 0.15) is 53.0 Å². The summed E-state index contributed by atoms with van der Waals surface area (Å²) in [5.74, 6) is -0.398. The molecule has 0 saturated heterocycles. The molecule has 0 aliphatic heterocycles. The van der Waals surface area contributed by atoms with Crippen LogP contribution in [0.2, 0.25) is 0 Å². The van der Waals surface area contributed by atoms with E-state index in [0.717, 1.165) is 0 Å². The summed E-state index contributed by atoms with van der Waals surface area (Å²) in [4.78, 5) is 0. The molecule has 183 valence electrons. The summed E-state index contributed by atoms with van der Waals surface area (Å²) in [6, 6.07) is 31.9. The molecule has 1 aliphatic rings. The van der Waals surface area contributed by atoms with E-state index in [1.807, 2.05) is 0 Å². The molecule has 1 N–H and O–H groups in total. The smallest absolute Gasteiger partial charge is 1.00 e. The third-order valence-corrected chi connectivity index (χ3v) is 34.1. The standard InChI is InChI=1S/C12H11Si.C9H12N.C9H13.2ClH.Hf/c1-3-7-11(8-4-1)13-12-9-5-2-6-10-12;1-7(2)8-5-3-4-6-9(8)10;1-6-5-7(2)9(4)8(6)3;;;/h1-10,13H;3-7,10H,1-2H3;6H,1-4H3;2*1H;/q;-1;;;;+3/p-2. The molecule has 3 aromatic rings. The van der Waals surface area contributed by atoms with Gasteiger partial charge in [0.25, 0.3) is 0 Å². The Hall–Kier alpha value is -1.39. The van der Waals surface area contributed by atoms with Gasteiger partial charge >= 0.3 is 210 Å². The third kappa shape index (κ3) is 6.30. The van der Waals surface area contributed by atoms with Crippen molar-refractivity contribution < 1.29 is 45.7 Å². The van der Waals surface area contributed by atoms with E-state index in [2.05, 4.69) is 130 Å². The van der Waals surface area contributed by atoms with E-state index in [1.54, 1.807) is 24.8 Å². The summed E-state index contributed by atoms with van der Waals surface area (Å²) < 4.78 is 6.15. The van der Waals surface area contributed by atoms with Crippen molar-refractivity contribution in [2.75, 3.05) is 3.30 Å². The van der Waals surface area contributed by atoms with E-state index in [-0.39, 0.29) is 24.8 Å². The Labute approximate surface area is 233 Å². The van der Waals surface area contributed by atoms with Crippen LogP contribution < -0.4 is 38.5 Å². The van der Waals surface area contributed by atoms with Crippen LogP contribution in [0.4, 0.5) is 5.69 Å². The monoisotopic (exact) mass is 688 g/mol. The average molecular weight is 688 g/mol. The molecular formula is C30H36Cl2HfNSi. The SMILES string of the molecule is CC1=C(C)C(C)[C]([Hf+2]([NH]c2ccccc2C(C)C)[SiH](c2ccccc2)c2ccccc2)=C1C.[Cl-].[Cl-]. The van der Waals surface area contributed by atoms with Crippen molar-refractivity contribution in [1.29, 1.82) is 0 Å². The van der Waals surface area contributed by atoms with Crippen LogP contribution in [-0.2, 0) is 20.9 Å². The first-order chi connectivity index (χ1) is 15.9. The number of allylic oxidation sites excluding steroid dienone is 4. The Kier molecular flexibility index (Phi) is 11.3. The van der Waals surface area contributed by atoms with E-state index in [4.69, 9.17) is 0 Å². The average Bonchev–Trinajstić information content (AvgIpc) is 3.02. The van der Waals surface area contributed by atoms with Crippen molar-refractivity contribution in [3.8, 4) is 0 Å². The molecule has 1 atom stereocenters. The first-order valence-corrected chi connectivity index (χ1v) is 23.7. The Balaban J connectivity index is 0.00000216. The maximum atomic E-state index is 4.36. The Morgan fingerprint density at radius 2 is 1.20 bits per heavy atom. The molecule has 35 heavy (non-hydrogen) atoms. The van der Waals surface area contributed by atoms with Gasteiger partial charge in [0.2, 0.25) is 0 Å². The fourth-order valence-electron chi connectivity index (χ4n) is 5.17. The number of hydrogen-bond acceptors (Lipinski definition) is 1. The van der Waals surface area contributed by atoms with Crippen molar-refractivity contribution in [3.05, 3.63) is 111 Å². The number of rotatable bonds is 7. The van der Waals surface area contributed by atoms with Gasteiger partial charge in [-0.05, 0) is 0 Å². The second-order valence-electron chi connectivity index (χ2n) is 9.60. The summed E-state index contributed by atoms with van der Waals surface area (Å²) in [5, 5.41) is 3.16. The zero-order valence-corrected chi connectivity index (χ0v) is 27.8. The van der Waals surface area contributed by atoms with Crippen LogP contribution in [0.3, 0.4) is 0 Å². The van der Waals surface area contributed by atoms with E-state index >= 15 is 0 Å². The number of anilines is 1. The van der Waals surface area contributed by atoms with Crippen LogP contribution in [-0.4, -0.2) is 5.98 Å². The predicted molar refractivity (Wildman–Crippen MR) is 144 cm³/mol. The van der Waals surface area contributed by atoms with Gasteiger partial charge in [-0.25, -0.2) is 0 Å². The van der Waals surface area contributed by atoms with Crippen LogP contribution >= 0.6 is 0 Å². The summed E-state index contributed by atoms with van der Waals surface area (Å²) in [6.45, 7) is 14.2. The number of halogens is 2. The van der Waals surface area contributed by atoms with E-state index < -0.39 is 26.9 Å². The van der Waals surface area contributed by atoms with Crippen LogP contribution in [0.25, 0.3) is 0 Å². The zero-order valence-electron chi connectivity index (χ0n) is 21.6. The Morgan fingerprint density at radius 3 is 1.66 bits per heavy atom. The topological polar surface area (TPSA) is 12.0 Å². The van der Waals surface area contributed by atoms with Crippen molar-refractivity contribution in [3.63, 3.8) is 0 Å². The van der Waals surface area contributed by atoms with Crippen molar-refractivity contribution in [2.45, 2.75) is 47.5 Å². The van der Waals surface area contributed by atoms with Crippen molar-refractivity contribution in [2.24, 2.45) is 5.92 Å². The molecule has 0 aromatic heterocycles. The summed E-state index contributed by atoms with van der Waals surface area (Å²) in [5.41, 5.74) is 7.47. The first kappa shape index (κ1) is 29.8. The van der Waals surface area contributed by atoms with E-state index in [1.165, 1.54) is 16.8 Å².